The molecule has 0 saturated carbocycles. The van der Waals surface area contributed by atoms with Gasteiger partial charge in [0.1, 0.15) is 6.23 Å². The average Bonchev–Trinajstić information content (AvgIpc) is 1.75. The number of nitrogens with two attached hydrogens (primary N) is 1. The first-order chi connectivity index (χ1) is 5.05. The maximum atomic E-state index is 10.7. The van der Waals surface area contributed by atoms with Crippen LogP contribution in [0.15, 0.2) is 0 Å². The molecule has 6 heteroatoms. The van der Waals surface area contributed by atoms with Crippen LogP contribution in [-0.4, -0.2) is 32.1 Å². The van der Waals surface area contributed by atoms with E-state index in [-0.39, 0.29) is 6.23 Å². The van der Waals surface area contributed by atoms with E-state index in [0.29, 0.717) is 13.2 Å². The zero-order valence-electron chi connectivity index (χ0n) is 6.36. The smallest absolute Gasteiger partial charge is 0.279 e. The highest BCUT2D eigenvalue weighted by Crippen LogP contribution is 2.20. The molecule has 5 nitrogen and oxygen atoms in total. The summed E-state index contributed by atoms with van der Waals surface area (Å²) in [4.78, 5) is 0. The van der Waals surface area contributed by atoms with Gasteiger partial charge in [-0.1, -0.05) is 0 Å². The fourth-order valence-corrected chi connectivity index (χ4v) is 1.84. The van der Waals surface area contributed by atoms with Gasteiger partial charge in [-0.2, -0.15) is 12.7 Å². The average molecular weight is 180 g/mol. The predicted molar refractivity (Wildman–Crippen MR) is 39.8 cm³/mol. The van der Waals surface area contributed by atoms with Gasteiger partial charge in [0, 0.05) is 19.6 Å². The second kappa shape index (κ2) is 3.06. The molecule has 11 heavy (non-hydrogen) atoms. The van der Waals surface area contributed by atoms with E-state index in [4.69, 9.17) is 9.88 Å². The highest BCUT2D eigenvalue weighted by Gasteiger charge is 2.35. The van der Waals surface area contributed by atoms with E-state index in [9.17, 15) is 8.42 Å². The van der Waals surface area contributed by atoms with Crippen LogP contribution < -0.4 is 5.14 Å². The Hall–Kier alpha value is -0.170. The van der Waals surface area contributed by atoms with Gasteiger partial charge in [-0.05, 0) is 6.92 Å². The van der Waals surface area contributed by atoms with E-state index < -0.39 is 10.2 Å². The topological polar surface area (TPSA) is 72.6 Å². The molecule has 1 aliphatic heterocycles. The Balaban J connectivity index is 2.50. The van der Waals surface area contributed by atoms with Crippen LogP contribution in [-0.2, 0) is 14.9 Å². The highest BCUT2D eigenvalue weighted by atomic mass is 32.2. The zero-order valence-corrected chi connectivity index (χ0v) is 7.17. The van der Waals surface area contributed by atoms with Crippen LogP contribution >= 0.6 is 0 Å². The summed E-state index contributed by atoms with van der Waals surface area (Å²) >= 11 is 0. The van der Waals surface area contributed by atoms with Crippen molar-refractivity contribution in [3.05, 3.63) is 0 Å². The van der Waals surface area contributed by atoms with Gasteiger partial charge in [-0.15, -0.1) is 0 Å². The van der Waals surface area contributed by atoms with Crippen LogP contribution in [0, 0.1) is 0 Å². The number of ether oxygens (including phenoxy) is 1. The largest absolute Gasteiger partial charge is 0.362 e. The van der Waals surface area contributed by atoms with Crippen molar-refractivity contribution in [3.63, 3.8) is 0 Å². The Morgan fingerprint density at radius 3 is 2.64 bits per heavy atom. The lowest BCUT2D eigenvalue weighted by atomic mass is 10.2. The summed E-state index contributed by atoms with van der Waals surface area (Å²) in [6, 6.07) is 0. The van der Waals surface area contributed by atoms with Crippen molar-refractivity contribution >= 4 is 10.2 Å². The molecule has 1 heterocycles. The maximum absolute atomic E-state index is 10.7. The fourth-order valence-electron chi connectivity index (χ4n) is 0.990. The third-order valence-corrected chi connectivity index (χ3v) is 2.68. The van der Waals surface area contributed by atoms with E-state index in [2.05, 4.69) is 0 Å². The van der Waals surface area contributed by atoms with Gasteiger partial charge in [0.05, 0.1) is 0 Å². The van der Waals surface area contributed by atoms with E-state index in [1.807, 2.05) is 6.92 Å². The molecule has 0 aromatic rings. The van der Waals surface area contributed by atoms with Crippen molar-refractivity contribution in [2.24, 2.45) is 5.14 Å². The maximum Gasteiger partial charge on any atom is 0.279 e. The van der Waals surface area contributed by atoms with Crippen molar-refractivity contribution in [2.45, 2.75) is 19.6 Å². The van der Waals surface area contributed by atoms with Crippen LogP contribution in [0.4, 0.5) is 0 Å². The normalized spacial score (nSPS) is 26.5. The molecule has 2 N–H and O–H groups in total. The van der Waals surface area contributed by atoms with E-state index >= 15 is 0 Å². The monoisotopic (exact) mass is 180 g/mol. The Kier molecular flexibility index (Phi) is 2.48. The van der Waals surface area contributed by atoms with Crippen LogP contribution in [0.25, 0.3) is 0 Å². The summed E-state index contributed by atoms with van der Waals surface area (Å²) in [5.41, 5.74) is 0. The molecule has 0 radical (unpaired) electrons. The van der Waals surface area contributed by atoms with Gasteiger partial charge in [-0.25, -0.2) is 5.14 Å². The van der Waals surface area contributed by atoms with Crippen LogP contribution in [0.2, 0.25) is 0 Å². The molecule has 66 valence electrons. The summed E-state index contributed by atoms with van der Waals surface area (Å²) in [5.74, 6) is 0. The van der Waals surface area contributed by atoms with Gasteiger partial charge in [0.15, 0.2) is 0 Å². The number of rotatable bonds is 3. The standard InChI is InChI=1S/C5H12N2O3S/c1-2-10-5-3-4-7(5)11(6,8)9/h5H,2-4H2,1H3,(H2,6,8,9). The fraction of sp³-hybridized carbons (Fsp3) is 1.00. The molecule has 0 aliphatic carbocycles. The third-order valence-electron chi connectivity index (χ3n) is 1.60. The molecule has 0 amide bonds. The number of hydrogen-bond acceptors (Lipinski definition) is 3. The van der Waals surface area contributed by atoms with Crippen molar-refractivity contribution < 1.29 is 13.2 Å². The van der Waals surface area contributed by atoms with Crippen molar-refractivity contribution in [2.75, 3.05) is 13.2 Å². The van der Waals surface area contributed by atoms with Crippen molar-refractivity contribution in [1.82, 2.24) is 4.31 Å². The molecule has 0 aromatic heterocycles. The van der Waals surface area contributed by atoms with E-state index in [1.54, 1.807) is 0 Å². The minimum Gasteiger partial charge on any atom is -0.362 e. The van der Waals surface area contributed by atoms with Crippen LogP contribution in [0.1, 0.15) is 13.3 Å². The summed E-state index contributed by atoms with van der Waals surface area (Å²) in [7, 11) is -3.53. The van der Waals surface area contributed by atoms with Gasteiger partial charge < -0.3 is 4.74 Å². The molecule has 0 aromatic carbocycles. The quantitative estimate of drug-likeness (QED) is 0.621. The molecule has 0 bridgehead atoms. The van der Waals surface area contributed by atoms with Gasteiger partial charge in [0.2, 0.25) is 0 Å². The molecule has 1 saturated heterocycles. The third kappa shape index (κ3) is 1.90. The Labute approximate surface area is 66.3 Å². The first-order valence-electron chi connectivity index (χ1n) is 3.47. The summed E-state index contributed by atoms with van der Waals surface area (Å²) in [6.45, 7) is 2.81. The molecular formula is C5H12N2O3S. The summed E-state index contributed by atoms with van der Waals surface area (Å²) < 4.78 is 27.7. The first kappa shape index (κ1) is 8.92. The first-order valence-corrected chi connectivity index (χ1v) is 4.97. The molecule has 1 atom stereocenters. The number of nitrogens with zero attached hydrogens (tertiary/aromatic N) is 1. The predicted octanol–water partition coefficient (Wildman–Crippen LogP) is -0.742. The molecule has 1 aliphatic rings. The highest BCUT2D eigenvalue weighted by molar-refractivity contribution is 7.86. The molecule has 1 fully saturated rings. The molecule has 1 unspecified atom stereocenters. The Morgan fingerprint density at radius 1 is 1.73 bits per heavy atom. The lowest BCUT2D eigenvalue weighted by Gasteiger charge is -2.37. The second-order valence-electron chi connectivity index (χ2n) is 2.35. The zero-order chi connectivity index (χ0) is 8.48. The molecular weight excluding hydrogens is 168 g/mol. The minimum atomic E-state index is -3.53. The summed E-state index contributed by atoms with van der Waals surface area (Å²) in [6.07, 6.45) is 0.416. The molecule has 1 rings (SSSR count). The summed E-state index contributed by atoms with van der Waals surface area (Å²) in [5, 5.41) is 4.88. The lowest BCUT2D eigenvalue weighted by molar-refractivity contribution is -0.0703. The van der Waals surface area contributed by atoms with Crippen LogP contribution in [0.5, 0.6) is 0 Å². The Bertz CT molecular complexity index is 226. The van der Waals surface area contributed by atoms with Gasteiger partial charge >= 0.3 is 0 Å². The van der Waals surface area contributed by atoms with Crippen molar-refractivity contribution in [1.29, 1.82) is 0 Å². The Morgan fingerprint density at radius 2 is 2.36 bits per heavy atom. The van der Waals surface area contributed by atoms with Crippen LogP contribution in [0.3, 0.4) is 0 Å². The SMILES string of the molecule is CCOC1CCN1S(N)(=O)=O. The number of hydrogen-bond donors (Lipinski definition) is 1. The van der Waals surface area contributed by atoms with Gasteiger partial charge in [0.25, 0.3) is 10.2 Å². The van der Waals surface area contributed by atoms with E-state index in [1.165, 1.54) is 0 Å². The second-order valence-corrected chi connectivity index (χ2v) is 3.85. The van der Waals surface area contributed by atoms with Crippen molar-refractivity contribution in [3.8, 4) is 0 Å². The van der Waals surface area contributed by atoms with Gasteiger partial charge in [-0.3, -0.25) is 0 Å². The molecule has 0 spiro atoms. The lowest BCUT2D eigenvalue weighted by Crippen LogP contribution is -2.54. The minimum absolute atomic E-state index is 0.324. The van der Waals surface area contributed by atoms with E-state index in [0.717, 1.165) is 10.7 Å².